The van der Waals surface area contributed by atoms with Crippen LogP contribution in [0.5, 0.6) is 0 Å². The maximum absolute atomic E-state index is 3.36. The number of nitrogens with zero attached hydrogens (tertiary/aromatic N) is 1. The Hall–Kier alpha value is -0.760. The highest BCUT2D eigenvalue weighted by molar-refractivity contribution is 5.06. The summed E-state index contributed by atoms with van der Waals surface area (Å²) in [6.07, 6.45) is 6.11. The zero-order valence-corrected chi connectivity index (χ0v) is 9.42. The Balaban J connectivity index is 2.37. The largest absolute Gasteiger partial charge is 0.350 e. The number of rotatable bonds is 7. The van der Waals surface area contributed by atoms with Gasteiger partial charge in [-0.15, -0.1) is 0 Å². The molecule has 0 saturated heterocycles. The fourth-order valence-electron chi connectivity index (χ4n) is 1.61. The molecular weight excluding hydrogens is 172 g/mol. The van der Waals surface area contributed by atoms with Gasteiger partial charge in [0, 0.05) is 25.0 Å². The molecule has 0 aromatic carbocycles. The van der Waals surface area contributed by atoms with Crippen molar-refractivity contribution >= 4 is 0 Å². The van der Waals surface area contributed by atoms with E-state index in [0.29, 0.717) is 0 Å². The molecule has 0 fully saturated rings. The minimum Gasteiger partial charge on any atom is -0.350 e. The smallest absolute Gasteiger partial charge is 0.0359 e. The summed E-state index contributed by atoms with van der Waals surface area (Å²) in [5, 5.41) is 3.36. The Labute approximate surface area is 87.3 Å². The molecule has 2 nitrogen and oxygen atoms in total. The van der Waals surface area contributed by atoms with Gasteiger partial charge in [0.25, 0.3) is 0 Å². The Morgan fingerprint density at radius 2 is 2.14 bits per heavy atom. The third-order valence-corrected chi connectivity index (χ3v) is 2.48. The van der Waals surface area contributed by atoms with Gasteiger partial charge in [-0.1, -0.05) is 26.7 Å². The molecule has 80 valence electrons. The lowest BCUT2D eigenvalue weighted by atomic mass is 10.2. The summed E-state index contributed by atoms with van der Waals surface area (Å²) < 4.78 is 2.36. The van der Waals surface area contributed by atoms with Crippen LogP contribution in [0, 0.1) is 0 Å². The Morgan fingerprint density at radius 3 is 2.86 bits per heavy atom. The molecular formula is C12H22N2. The van der Waals surface area contributed by atoms with Gasteiger partial charge in [0.2, 0.25) is 0 Å². The molecule has 14 heavy (non-hydrogen) atoms. The summed E-state index contributed by atoms with van der Waals surface area (Å²) in [5.74, 6) is 0. The van der Waals surface area contributed by atoms with Crippen molar-refractivity contribution in [2.45, 2.75) is 46.2 Å². The second-order valence-corrected chi connectivity index (χ2v) is 3.68. The molecule has 0 radical (unpaired) electrons. The molecule has 1 heterocycles. The molecule has 0 aliphatic carbocycles. The van der Waals surface area contributed by atoms with E-state index >= 15 is 0 Å². The summed E-state index contributed by atoms with van der Waals surface area (Å²) in [7, 11) is 0. The number of hydrogen-bond donors (Lipinski definition) is 1. The van der Waals surface area contributed by atoms with Crippen molar-refractivity contribution in [3.63, 3.8) is 0 Å². The monoisotopic (exact) mass is 194 g/mol. The van der Waals surface area contributed by atoms with E-state index in [1.807, 2.05) is 0 Å². The third-order valence-electron chi connectivity index (χ3n) is 2.48. The molecule has 1 aromatic heterocycles. The summed E-state index contributed by atoms with van der Waals surface area (Å²) in [6, 6.07) is 4.34. The van der Waals surface area contributed by atoms with Crippen LogP contribution in [0.2, 0.25) is 0 Å². The number of hydrogen-bond acceptors (Lipinski definition) is 1. The average Bonchev–Trinajstić information content (AvgIpc) is 2.63. The third kappa shape index (κ3) is 3.54. The minimum atomic E-state index is 0.996. The topological polar surface area (TPSA) is 17.0 Å². The van der Waals surface area contributed by atoms with Crippen LogP contribution in [0.15, 0.2) is 18.3 Å². The first-order valence-electron chi connectivity index (χ1n) is 5.73. The van der Waals surface area contributed by atoms with Crippen molar-refractivity contribution in [1.82, 2.24) is 9.88 Å². The molecule has 1 rings (SSSR count). The Kier molecular flexibility index (Phi) is 5.38. The fourth-order valence-corrected chi connectivity index (χ4v) is 1.61. The van der Waals surface area contributed by atoms with Crippen LogP contribution >= 0.6 is 0 Å². The van der Waals surface area contributed by atoms with Crippen LogP contribution in [0.25, 0.3) is 0 Å². The molecule has 2 heteroatoms. The minimum absolute atomic E-state index is 0.996. The lowest BCUT2D eigenvalue weighted by Crippen LogP contribution is -2.15. The molecule has 0 bridgehead atoms. The van der Waals surface area contributed by atoms with Gasteiger partial charge in [-0.25, -0.2) is 0 Å². The van der Waals surface area contributed by atoms with Crippen molar-refractivity contribution < 1.29 is 0 Å². The highest BCUT2D eigenvalue weighted by atomic mass is 15.0. The average molecular weight is 194 g/mol. The van der Waals surface area contributed by atoms with Crippen LogP contribution in [0.1, 0.15) is 38.8 Å². The van der Waals surface area contributed by atoms with E-state index in [2.05, 4.69) is 42.1 Å². The molecule has 0 aliphatic rings. The van der Waals surface area contributed by atoms with E-state index in [-0.39, 0.29) is 0 Å². The first kappa shape index (κ1) is 11.3. The first-order valence-corrected chi connectivity index (χ1v) is 5.73. The molecule has 1 aromatic rings. The van der Waals surface area contributed by atoms with Gasteiger partial charge >= 0.3 is 0 Å². The number of aryl methyl sites for hydroxylation is 1. The van der Waals surface area contributed by atoms with E-state index in [1.165, 1.54) is 31.5 Å². The van der Waals surface area contributed by atoms with Crippen LogP contribution in [0.4, 0.5) is 0 Å². The number of unbranched alkanes of at least 4 members (excludes halogenated alkanes) is 2. The van der Waals surface area contributed by atoms with Gasteiger partial charge in [0.15, 0.2) is 0 Å². The predicted octanol–water partition coefficient (Wildman–Crippen LogP) is 2.79. The zero-order chi connectivity index (χ0) is 10.2. The van der Waals surface area contributed by atoms with Crippen molar-refractivity contribution in [3.8, 4) is 0 Å². The molecule has 0 saturated carbocycles. The SMILES string of the molecule is CCCCCn1cccc1CNCC. The van der Waals surface area contributed by atoms with E-state index in [1.54, 1.807) is 0 Å². The lowest BCUT2D eigenvalue weighted by molar-refractivity contribution is 0.570. The van der Waals surface area contributed by atoms with Crippen molar-refractivity contribution in [3.05, 3.63) is 24.0 Å². The molecule has 0 amide bonds. The van der Waals surface area contributed by atoms with Crippen LogP contribution in [-0.4, -0.2) is 11.1 Å². The van der Waals surface area contributed by atoms with Crippen LogP contribution < -0.4 is 5.32 Å². The van der Waals surface area contributed by atoms with Crippen LogP contribution in [-0.2, 0) is 13.1 Å². The van der Waals surface area contributed by atoms with Gasteiger partial charge < -0.3 is 9.88 Å². The molecule has 0 unspecified atom stereocenters. The van der Waals surface area contributed by atoms with Gasteiger partial charge in [-0.3, -0.25) is 0 Å². The molecule has 0 aliphatic heterocycles. The molecule has 1 N–H and O–H groups in total. The van der Waals surface area contributed by atoms with Gasteiger partial charge in [-0.05, 0) is 25.1 Å². The quantitative estimate of drug-likeness (QED) is 0.660. The highest BCUT2D eigenvalue weighted by Gasteiger charge is 1.98. The zero-order valence-electron chi connectivity index (χ0n) is 9.42. The van der Waals surface area contributed by atoms with Crippen molar-refractivity contribution in [1.29, 1.82) is 0 Å². The lowest BCUT2D eigenvalue weighted by Gasteiger charge is -2.08. The van der Waals surface area contributed by atoms with Gasteiger partial charge in [0.05, 0.1) is 0 Å². The molecule has 0 atom stereocenters. The predicted molar refractivity (Wildman–Crippen MR) is 61.3 cm³/mol. The van der Waals surface area contributed by atoms with E-state index < -0.39 is 0 Å². The highest BCUT2D eigenvalue weighted by Crippen LogP contribution is 2.05. The van der Waals surface area contributed by atoms with Crippen molar-refractivity contribution in [2.24, 2.45) is 0 Å². The maximum atomic E-state index is 3.36. The standard InChI is InChI=1S/C12H22N2/c1-3-5-6-9-14-10-7-8-12(14)11-13-4-2/h7-8,10,13H,3-6,9,11H2,1-2H3. The van der Waals surface area contributed by atoms with Gasteiger partial charge in [-0.2, -0.15) is 0 Å². The molecule has 0 spiro atoms. The van der Waals surface area contributed by atoms with E-state index in [0.717, 1.165) is 13.1 Å². The first-order chi connectivity index (χ1) is 6.88. The number of nitrogens with one attached hydrogen (secondary N) is 1. The Bertz CT molecular complexity index is 240. The summed E-state index contributed by atoms with van der Waals surface area (Å²) in [5.41, 5.74) is 1.41. The normalized spacial score (nSPS) is 10.7. The van der Waals surface area contributed by atoms with Crippen LogP contribution in [0.3, 0.4) is 0 Å². The summed E-state index contributed by atoms with van der Waals surface area (Å²) in [6.45, 7) is 7.59. The van der Waals surface area contributed by atoms with E-state index in [4.69, 9.17) is 0 Å². The Morgan fingerprint density at radius 1 is 1.29 bits per heavy atom. The van der Waals surface area contributed by atoms with E-state index in [9.17, 15) is 0 Å². The summed E-state index contributed by atoms with van der Waals surface area (Å²) >= 11 is 0. The number of aromatic nitrogens is 1. The second kappa shape index (κ2) is 6.66. The van der Waals surface area contributed by atoms with Crippen molar-refractivity contribution in [2.75, 3.05) is 6.54 Å². The maximum Gasteiger partial charge on any atom is 0.0359 e. The van der Waals surface area contributed by atoms with Gasteiger partial charge in [0.1, 0.15) is 0 Å². The summed E-state index contributed by atoms with van der Waals surface area (Å²) in [4.78, 5) is 0. The fraction of sp³-hybridized carbons (Fsp3) is 0.667. The second-order valence-electron chi connectivity index (χ2n) is 3.68.